The summed E-state index contributed by atoms with van der Waals surface area (Å²) in [6.45, 7) is 1.96. The maximum absolute atomic E-state index is 3.97. The van der Waals surface area contributed by atoms with E-state index < -0.39 is 0 Å². The highest BCUT2D eigenvalue weighted by Crippen LogP contribution is 1.92. The summed E-state index contributed by atoms with van der Waals surface area (Å²) in [5.41, 5.74) is 0.951. The molecule has 0 aliphatic rings. The van der Waals surface area contributed by atoms with Gasteiger partial charge in [0.15, 0.2) is 0 Å². The smallest absolute Gasteiger partial charge is 0.115 e. The Morgan fingerprint density at radius 3 is 3.00 bits per heavy atom. The van der Waals surface area contributed by atoms with Crippen molar-refractivity contribution >= 4 is 6.08 Å². The first-order chi connectivity index (χ1) is 4.43. The molecule has 0 N–H and O–H groups in total. The first-order valence-electron chi connectivity index (χ1n) is 2.82. The standard InChI is InChI=1S/C7H8N2/c1-2-3-7-4-5-8-6-9-7/h2-6H,1H3. The monoisotopic (exact) mass is 120 g/mol. The molecule has 0 bridgehead atoms. The van der Waals surface area contributed by atoms with Crippen LogP contribution in [0.15, 0.2) is 24.7 Å². The van der Waals surface area contributed by atoms with Crippen LogP contribution in [-0.2, 0) is 0 Å². The zero-order valence-electron chi connectivity index (χ0n) is 5.28. The summed E-state index contributed by atoms with van der Waals surface area (Å²) in [4.78, 5) is 7.75. The Bertz CT molecular complexity index is 191. The van der Waals surface area contributed by atoms with Crippen LogP contribution in [0.2, 0.25) is 0 Å². The molecule has 0 atom stereocenters. The molecular weight excluding hydrogens is 112 g/mol. The minimum absolute atomic E-state index is 0.951. The van der Waals surface area contributed by atoms with Gasteiger partial charge in [-0.2, -0.15) is 0 Å². The molecule has 0 fully saturated rings. The molecule has 0 aliphatic heterocycles. The Hall–Kier alpha value is -1.18. The Balaban J connectivity index is 2.85. The van der Waals surface area contributed by atoms with Crippen LogP contribution in [0.1, 0.15) is 12.6 Å². The van der Waals surface area contributed by atoms with E-state index in [4.69, 9.17) is 0 Å². The van der Waals surface area contributed by atoms with Crippen molar-refractivity contribution in [1.82, 2.24) is 9.97 Å². The van der Waals surface area contributed by atoms with Crippen LogP contribution in [-0.4, -0.2) is 9.97 Å². The van der Waals surface area contributed by atoms with Gasteiger partial charge in [0.25, 0.3) is 0 Å². The molecule has 0 saturated carbocycles. The van der Waals surface area contributed by atoms with E-state index >= 15 is 0 Å². The summed E-state index contributed by atoms with van der Waals surface area (Å²) >= 11 is 0. The largest absolute Gasteiger partial charge is 0.245 e. The van der Waals surface area contributed by atoms with E-state index in [1.165, 1.54) is 6.33 Å². The molecule has 1 aromatic rings. The SMILES string of the molecule is CC=Cc1ccncn1. The van der Waals surface area contributed by atoms with Gasteiger partial charge < -0.3 is 0 Å². The lowest BCUT2D eigenvalue weighted by molar-refractivity contribution is 1.15. The van der Waals surface area contributed by atoms with Crippen LogP contribution in [0, 0.1) is 0 Å². The van der Waals surface area contributed by atoms with Crippen molar-refractivity contribution in [2.24, 2.45) is 0 Å². The van der Waals surface area contributed by atoms with E-state index in [1.807, 2.05) is 25.1 Å². The Morgan fingerprint density at radius 1 is 1.56 bits per heavy atom. The molecule has 9 heavy (non-hydrogen) atoms. The molecule has 0 radical (unpaired) electrons. The molecule has 1 heterocycles. The van der Waals surface area contributed by atoms with Gasteiger partial charge in [0.1, 0.15) is 6.33 Å². The fourth-order valence-corrected chi connectivity index (χ4v) is 0.570. The topological polar surface area (TPSA) is 25.8 Å². The van der Waals surface area contributed by atoms with Crippen LogP contribution in [0.3, 0.4) is 0 Å². The van der Waals surface area contributed by atoms with Crippen LogP contribution < -0.4 is 0 Å². The van der Waals surface area contributed by atoms with Crippen molar-refractivity contribution in [3.63, 3.8) is 0 Å². The van der Waals surface area contributed by atoms with Crippen molar-refractivity contribution in [3.05, 3.63) is 30.4 Å². The minimum atomic E-state index is 0.951. The predicted octanol–water partition coefficient (Wildman–Crippen LogP) is 1.51. The van der Waals surface area contributed by atoms with Gasteiger partial charge in [0, 0.05) is 6.20 Å². The second kappa shape index (κ2) is 2.97. The molecule has 0 aliphatic carbocycles. The first kappa shape index (κ1) is 5.95. The van der Waals surface area contributed by atoms with E-state index in [0.717, 1.165) is 5.69 Å². The highest BCUT2D eigenvalue weighted by molar-refractivity contribution is 5.42. The van der Waals surface area contributed by atoms with Crippen molar-refractivity contribution in [2.45, 2.75) is 6.92 Å². The molecule has 0 spiro atoms. The molecular formula is C7H8N2. The lowest BCUT2D eigenvalue weighted by Gasteiger charge is -1.85. The second-order valence-corrected chi connectivity index (χ2v) is 1.63. The Morgan fingerprint density at radius 2 is 2.44 bits per heavy atom. The van der Waals surface area contributed by atoms with Crippen molar-refractivity contribution in [2.75, 3.05) is 0 Å². The Labute approximate surface area is 54.3 Å². The summed E-state index contributed by atoms with van der Waals surface area (Å²) in [6.07, 6.45) is 7.14. The lowest BCUT2D eigenvalue weighted by Crippen LogP contribution is -1.78. The molecule has 0 unspecified atom stereocenters. The van der Waals surface area contributed by atoms with Crippen LogP contribution in [0.4, 0.5) is 0 Å². The molecule has 46 valence electrons. The third-order valence-corrected chi connectivity index (χ3v) is 0.942. The number of hydrogen-bond acceptors (Lipinski definition) is 2. The van der Waals surface area contributed by atoms with Crippen LogP contribution >= 0.6 is 0 Å². The number of hydrogen-bond donors (Lipinski definition) is 0. The van der Waals surface area contributed by atoms with Crippen LogP contribution in [0.25, 0.3) is 6.08 Å². The molecule has 0 aromatic carbocycles. The summed E-state index contributed by atoms with van der Waals surface area (Å²) in [7, 11) is 0. The summed E-state index contributed by atoms with van der Waals surface area (Å²) in [5, 5.41) is 0. The quantitative estimate of drug-likeness (QED) is 0.561. The summed E-state index contributed by atoms with van der Waals surface area (Å²) in [6, 6.07) is 1.86. The molecule has 2 heteroatoms. The summed E-state index contributed by atoms with van der Waals surface area (Å²) in [5.74, 6) is 0. The average molecular weight is 120 g/mol. The number of rotatable bonds is 1. The van der Waals surface area contributed by atoms with E-state index in [0.29, 0.717) is 0 Å². The predicted molar refractivity (Wildman–Crippen MR) is 36.7 cm³/mol. The van der Waals surface area contributed by atoms with Crippen molar-refractivity contribution in [1.29, 1.82) is 0 Å². The molecule has 0 saturated heterocycles. The maximum Gasteiger partial charge on any atom is 0.115 e. The van der Waals surface area contributed by atoms with Gasteiger partial charge in [-0.3, -0.25) is 0 Å². The molecule has 1 rings (SSSR count). The van der Waals surface area contributed by atoms with Gasteiger partial charge in [0.05, 0.1) is 5.69 Å². The maximum atomic E-state index is 3.97. The number of nitrogens with zero attached hydrogens (tertiary/aromatic N) is 2. The third kappa shape index (κ3) is 1.64. The van der Waals surface area contributed by atoms with E-state index in [2.05, 4.69) is 9.97 Å². The van der Waals surface area contributed by atoms with Crippen molar-refractivity contribution < 1.29 is 0 Å². The Kier molecular flexibility index (Phi) is 1.96. The molecule has 0 amide bonds. The van der Waals surface area contributed by atoms with Crippen LogP contribution in [0.5, 0.6) is 0 Å². The van der Waals surface area contributed by atoms with Gasteiger partial charge in [-0.25, -0.2) is 9.97 Å². The number of allylic oxidation sites excluding steroid dienone is 1. The second-order valence-electron chi connectivity index (χ2n) is 1.63. The third-order valence-electron chi connectivity index (χ3n) is 0.942. The highest BCUT2D eigenvalue weighted by Gasteiger charge is 1.80. The average Bonchev–Trinajstić information content (AvgIpc) is 1.91. The fourth-order valence-electron chi connectivity index (χ4n) is 0.570. The zero-order valence-corrected chi connectivity index (χ0v) is 5.28. The van der Waals surface area contributed by atoms with Gasteiger partial charge in [-0.15, -0.1) is 0 Å². The normalized spacial score (nSPS) is 10.3. The molecule has 1 aromatic heterocycles. The fraction of sp³-hybridized carbons (Fsp3) is 0.143. The van der Waals surface area contributed by atoms with Gasteiger partial charge >= 0.3 is 0 Å². The van der Waals surface area contributed by atoms with E-state index in [1.54, 1.807) is 6.20 Å². The van der Waals surface area contributed by atoms with Crippen molar-refractivity contribution in [3.8, 4) is 0 Å². The molecule has 2 nitrogen and oxygen atoms in total. The highest BCUT2D eigenvalue weighted by atomic mass is 14.8. The zero-order chi connectivity index (χ0) is 6.53. The lowest BCUT2D eigenvalue weighted by atomic mass is 10.4. The summed E-state index contributed by atoms with van der Waals surface area (Å²) < 4.78 is 0. The van der Waals surface area contributed by atoms with Gasteiger partial charge in [0.2, 0.25) is 0 Å². The van der Waals surface area contributed by atoms with E-state index in [9.17, 15) is 0 Å². The first-order valence-corrected chi connectivity index (χ1v) is 2.82. The van der Waals surface area contributed by atoms with Gasteiger partial charge in [-0.1, -0.05) is 6.08 Å². The van der Waals surface area contributed by atoms with Gasteiger partial charge in [-0.05, 0) is 19.1 Å². The number of aromatic nitrogens is 2. The minimum Gasteiger partial charge on any atom is -0.245 e. The van der Waals surface area contributed by atoms with E-state index in [-0.39, 0.29) is 0 Å².